The number of nitro groups is 2. The molecule has 0 aromatic carbocycles. The first-order chi connectivity index (χ1) is 6.94. The fourth-order valence-corrected chi connectivity index (χ4v) is 1.24. The number of nitrogens with zero attached hydrogens (tertiary/aromatic N) is 2. The minimum absolute atomic E-state index is 0.0931. The predicted molar refractivity (Wildman–Crippen MR) is 45.7 cm³/mol. The van der Waals surface area contributed by atoms with Gasteiger partial charge in [-0.05, 0) is 0 Å². The highest BCUT2D eigenvalue weighted by molar-refractivity contribution is 5.60. The third-order valence-electron chi connectivity index (χ3n) is 2.04. The van der Waals surface area contributed by atoms with Crippen LogP contribution in [0.25, 0.3) is 0 Å². The maximum absolute atomic E-state index is 10.6. The molecule has 0 heterocycles. The molecule has 80 valence electrons. The number of aldehydes is 1. The number of allylic oxidation sites excluding steroid dienone is 2. The maximum atomic E-state index is 10.6. The molecule has 8 nitrogen and oxygen atoms in total. The Bertz CT molecular complexity index is 387. The molecule has 1 aliphatic carbocycles. The van der Waals surface area contributed by atoms with E-state index in [1.165, 1.54) is 0 Å². The molecule has 0 spiro atoms. The van der Waals surface area contributed by atoms with Crippen LogP contribution in [-0.4, -0.2) is 27.0 Å². The molecule has 2 unspecified atom stereocenters. The second-order valence-electron chi connectivity index (χ2n) is 2.84. The number of aliphatic hydroxyl groups is 1. The lowest BCUT2D eigenvalue weighted by Gasteiger charge is -2.21. The molecule has 0 saturated carbocycles. The zero-order valence-corrected chi connectivity index (χ0v) is 7.27. The summed E-state index contributed by atoms with van der Waals surface area (Å²) in [6.45, 7) is 0. The maximum Gasteiger partial charge on any atom is 0.425 e. The Morgan fingerprint density at radius 1 is 1.47 bits per heavy atom. The third kappa shape index (κ3) is 1.50. The van der Waals surface area contributed by atoms with E-state index in [-0.39, 0.29) is 6.29 Å². The van der Waals surface area contributed by atoms with Crippen molar-refractivity contribution in [2.45, 2.75) is 5.72 Å². The molecule has 0 saturated heterocycles. The van der Waals surface area contributed by atoms with E-state index in [4.69, 9.17) is 0 Å². The summed E-state index contributed by atoms with van der Waals surface area (Å²) in [4.78, 5) is 29.2. The van der Waals surface area contributed by atoms with Crippen LogP contribution >= 0.6 is 0 Å². The van der Waals surface area contributed by atoms with Gasteiger partial charge in [-0.3, -0.25) is 20.2 Å². The van der Waals surface area contributed by atoms with Gasteiger partial charge in [-0.15, -0.1) is 0 Å². The predicted octanol–water partition coefficient (Wildman–Crippen LogP) is -0.503. The molecule has 15 heavy (non-hydrogen) atoms. The molecule has 0 radical (unpaired) electrons. The molecule has 0 aromatic heterocycles. The van der Waals surface area contributed by atoms with Crippen LogP contribution in [0.3, 0.4) is 0 Å². The Labute approximate surface area is 82.8 Å². The van der Waals surface area contributed by atoms with Crippen molar-refractivity contribution in [2.24, 2.45) is 5.92 Å². The van der Waals surface area contributed by atoms with Crippen molar-refractivity contribution >= 4 is 6.29 Å². The first kappa shape index (κ1) is 11.0. The molecule has 0 aliphatic heterocycles. The van der Waals surface area contributed by atoms with Crippen molar-refractivity contribution < 1.29 is 19.7 Å². The Kier molecular flexibility index (Phi) is 2.62. The molecule has 1 rings (SSSR count). The van der Waals surface area contributed by atoms with Crippen LogP contribution in [-0.2, 0) is 4.79 Å². The summed E-state index contributed by atoms with van der Waals surface area (Å²) in [5, 5.41) is 30.6. The Morgan fingerprint density at radius 2 is 2.07 bits per heavy atom. The van der Waals surface area contributed by atoms with Gasteiger partial charge >= 0.3 is 11.4 Å². The first-order valence-corrected chi connectivity index (χ1v) is 3.80. The second kappa shape index (κ2) is 3.58. The summed E-state index contributed by atoms with van der Waals surface area (Å²) in [6, 6.07) is 0. The molecule has 8 heteroatoms. The lowest BCUT2D eigenvalue weighted by Crippen LogP contribution is -2.50. The Hall–Kier alpha value is -2.09. The first-order valence-electron chi connectivity index (χ1n) is 3.80. The van der Waals surface area contributed by atoms with Crippen molar-refractivity contribution in [3.8, 4) is 0 Å². The van der Waals surface area contributed by atoms with E-state index < -0.39 is 27.2 Å². The van der Waals surface area contributed by atoms with Gasteiger partial charge in [0.2, 0.25) is 0 Å². The van der Waals surface area contributed by atoms with Crippen LogP contribution in [0, 0.1) is 26.1 Å². The molecule has 0 aromatic rings. The Morgan fingerprint density at radius 3 is 2.47 bits per heavy atom. The summed E-state index contributed by atoms with van der Waals surface area (Å²) >= 11 is 0. The molecule has 2 atom stereocenters. The topological polar surface area (TPSA) is 124 Å². The van der Waals surface area contributed by atoms with Crippen LogP contribution in [0.4, 0.5) is 0 Å². The van der Waals surface area contributed by atoms with E-state index >= 15 is 0 Å². The molecule has 0 amide bonds. The molecule has 1 N–H and O–H groups in total. The lowest BCUT2D eigenvalue weighted by molar-refractivity contribution is -0.650. The minimum atomic E-state index is -2.99. The van der Waals surface area contributed by atoms with Crippen molar-refractivity contribution in [1.29, 1.82) is 0 Å². The molecule has 0 bridgehead atoms. The van der Waals surface area contributed by atoms with Crippen LogP contribution < -0.4 is 0 Å². The van der Waals surface area contributed by atoms with Gasteiger partial charge < -0.3 is 9.90 Å². The van der Waals surface area contributed by atoms with Gasteiger partial charge in [-0.2, -0.15) is 0 Å². The van der Waals surface area contributed by atoms with Crippen LogP contribution in [0.5, 0.6) is 0 Å². The van der Waals surface area contributed by atoms with Crippen molar-refractivity contribution in [3.05, 3.63) is 44.2 Å². The fourth-order valence-electron chi connectivity index (χ4n) is 1.24. The van der Waals surface area contributed by atoms with Gasteiger partial charge in [0.05, 0.1) is 9.85 Å². The SMILES string of the molecule is O=CC1C=CC=C([N+](=O)[O-])C1(O)[N+](=O)[O-]. The normalized spacial score (nSPS) is 29.4. The number of hydrogen-bond donors (Lipinski definition) is 1. The zero-order valence-electron chi connectivity index (χ0n) is 7.27. The molecule has 1 aliphatic rings. The van der Waals surface area contributed by atoms with Crippen molar-refractivity contribution in [1.82, 2.24) is 0 Å². The van der Waals surface area contributed by atoms with E-state index in [1.54, 1.807) is 0 Å². The third-order valence-corrected chi connectivity index (χ3v) is 2.04. The average molecular weight is 214 g/mol. The van der Waals surface area contributed by atoms with Gasteiger partial charge in [-0.1, -0.05) is 12.2 Å². The summed E-state index contributed by atoms with van der Waals surface area (Å²) < 4.78 is 0. The number of rotatable bonds is 3. The summed E-state index contributed by atoms with van der Waals surface area (Å²) in [6.07, 6.45) is 3.04. The summed E-state index contributed by atoms with van der Waals surface area (Å²) in [5.41, 5.74) is -4.01. The molecular formula is C7H6N2O6. The molecule has 0 fully saturated rings. The smallest absolute Gasteiger partial charge is 0.321 e. The highest BCUT2D eigenvalue weighted by Gasteiger charge is 2.60. The Balaban J connectivity index is 3.32. The highest BCUT2D eigenvalue weighted by atomic mass is 16.7. The lowest BCUT2D eigenvalue weighted by atomic mass is 9.90. The van der Waals surface area contributed by atoms with E-state index in [9.17, 15) is 30.1 Å². The quantitative estimate of drug-likeness (QED) is 0.292. The fraction of sp³-hybridized carbons (Fsp3) is 0.286. The van der Waals surface area contributed by atoms with Gasteiger partial charge in [0, 0.05) is 6.08 Å². The number of carbonyl (C=O) groups excluding carboxylic acids is 1. The van der Waals surface area contributed by atoms with E-state index in [0.717, 1.165) is 18.2 Å². The number of hydrogen-bond acceptors (Lipinski definition) is 6. The molecular weight excluding hydrogens is 208 g/mol. The van der Waals surface area contributed by atoms with Crippen LogP contribution in [0.2, 0.25) is 0 Å². The minimum Gasteiger partial charge on any atom is -0.321 e. The van der Waals surface area contributed by atoms with E-state index in [0.29, 0.717) is 0 Å². The van der Waals surface area contributed by atoms with E-state index in [1.807, 2.05) is 0 Å². The average Bonchev–Trinajstić information content (AvgIpc) is 2.17. The van der Waals surface area contributed by atoms with Gasteiger partial charge in [0.1, 0.15) is 12.2 Å². The second-order valence-corrected chi connectivity index (χ2v) is 2.84. The largest absolute Gasteiger partial charge is 0.425 e. The monoisotopic (exact) mass is 214 g/mol. The van der Waals surface area contributed by atoms with Crippen molar-refractivity contribution in [2.75, 3.05) is 0 Å². The van der Waals surface area contributed by atoms with Gasteiger partial charge in [0.25, 0.3) is 0 Å². The zero-order chi connectivity index (χ0) is 11.6. The van der Waals surface area contributed by atoms with Gasteiger partial charge in [-0.25, -0.2) is 0 Å². The van der Waals surface area contributed by atoms with Crippen molar-refractivity contribution in [3.63, 3.8) is 0 Å². The van der Waals surface area contributed by atoms with Crippen LogP contribution in [0.15, 0.2) is 23.9 Å². The standard InChI is InChI=1S/C7H6N2O6/c10-4-5-2-1-3-6(8(12)13)7(5,11)9(14)15/h1-5,11H. The number of carbonyl (C=O) groups is 1. The summed E-state index contributed by atoms with van der Waals surface area (Å²) in [5.74, 6) is -1.56. The van der Waals surface area contributed by atoms with Gasteiger partial charge in [0.15, 0.2) is 0 Å². The van der Waals surface area contributed by atoms with Crippen LogP contribution in [0.1, 0.15) is 0 Å². The summed E-state index contributed by atoms with van der Waals surface area (Å²) in [7, 11) is 0. The van der Waals surface area contributed by atoms with E-state index in [2.05, 4.69) is 0 Å². The highest BCUT2D eigenvalue weighted by Crippen LogP contribution is 2.30.